The molecule has 0 aliphatic heterocycles. The van der Waals surface area contributed by atoms with Crippen LogP contribution in [0.1, 0.15) is 57.8 Å². The second-order valence-corrected chi connectivity index (χ2v) is 13.2. The van der Waals surface area contributed by atoms with Crippen LogP contribution in [0.3, 0.4) is 0 Å². The molecule has 10 heteroatoms. The fraction of sp³-hybridized carbons (Fsp3) is 0.400. The molecule has 0 N–H and O–H groups in total. The maximum absolute atomic E-state index is 13.8. The maximum atomic E-state index is 13.8. The van der Waals surface area contributed by atoms with E-state index in [9.17, 15) is 16.8 Å². The molecule has 0 saturated heterocycles. The van der Waals surface area contributed by atoms with Crippen LogP contribution in [-0.4, -0.2) is 37.0 Å². The quantitative estimate of drug-likeness (QED) is 0.167. The van der Waals surface area contributed by atoms with E-state index in [1.165, 1.54) is 68.9 Å². The molecule has 3 rings (SSSR count). The Balaban J connectivity index is 0.00000560. The number of ether oxygens (including phenoxy) is 1. The number of nitrogens with zero attached hydrogens (tertiary/aromatic N) is 2. The summed E-state index contributed by atoms with van der Waals surface area (Å²) >= 11 is 0. The Morgan fingerprint density at radius 3 is 1.52 bits per heavy atom. The largest absolute Gasteiger partial charge is 1.00 e. The molecule has 0 aliphatic carbocycles. The van der Waals surface area contributed by atoms with E-state index in [0.717, 1.165) is 25.8 Å². The van der Waals surface area contributed by atoms with Crippen molar-refractivity contribution >= 4 is 25.7 Å². The molecule has 0 spiro atoms. The van der Waals surface area contributed by atoms with Gasteiger partial charge in [-0.15, -0.1) is 6.54 Å². The molecule has 0 saturated carbocycles. The Morgan fingerprint density at radius 1 is 0.600 bits per heavy atom. The third-order valence-corrected chi connectivity index (χ3v) is 10.5. The third kappa shape index (κ3) is 9.67. The number of unbranched alkanes of at least 4 members (excludes halogenated alkanes) is 8. The van der Waals surface area contributed by atoms with Crippen LogP contribution in [0.4, 0.5) is 5.69 Å². The number of rotatable bonds is 18. The van der Waals surface area contributed by atoms with E-state index in [1.54, 1.807) is 54.6 Å². The predicted molar refractivity (Wildman–Crippen MR) is 157 cm³/mol. The van der Waals surface area contributed by atoms with E-state index >= 15 is 0 Å². The Labute approximate surface area is 252 Å². The monoisotopic (exact) mass is 578 g/mol. The Kier molecular flexibility index (Phi) is 14.9. The normalized spacial score (nSPS) is 11.5. The van der Waals surface area contributed by atoms with Gasteiger partial charge in [0.25, 0.3) is 20.0 Å². The van der Waals surface area contributed by atoms with Crippen molar-refractivity contribution in [2.45, 2.75) is 67.6 Å². The van der Waals surface area contributed by atoms with Gasteiger partial charge < -0.3 is 10.1 Å². The van der Waals surface area contributed by atoms with Crippen LogP contribution < -0.4 is 27.3 Å². The first kappa shape index (κ1) is 33.9. The minimum absolute atomic E-state index is 0. The summed E-state index contributed by atoms with van der Waals surface area (Å²) in [4.78, 5) is -0.251. The molecule has 7 nitrogen and oxygen atoms in total. The van der Waals surface area contributed by atoms with Crippen molar-refractivity contribution in [1.82, 2.24) is 0 Å². The molecule has 3 aromatic carbocycles. The van der Waals surface area contributed by atoms with Gasteiger partial charge >= 0.3 is 18.9 Å². The van der Waals surface area contributed by atoms with Crippen LogP contribution >= 0.6 is 0 Å². The van der Waals surface area contributed by atoms with Crippen LogP contribution in [0.2, 0.25) is 0 Å². The van der Waals surface area contributed by atoms with E-state index in [-0.39, 0.29) is 40.1 Å². The summed E-state index contributed by atoms with van der Waals surface area (Å²) in [7, 11) is -7.10. The van der Waals surface area contributed by atoms with E-state index in [4.69, 9.17) is 4.74 Å². The number of para-hydroxylation sites is 2. The van der Waals surface area contributed by atoms with Gasteiger partial charge in [-0.2, -0.15) is 10.8 Å². The van der Waals surface area contributed by atoms with Gasteiger partial charge in [-0.25, -0.2) is 16.8 Å². The first-order valence-corrected chi connectivity index (χ1v) is 16.4. The number of anilines is 1. The van der Waals surface area contributed by atoms with Crippen LogP contribution in [0.15, 0.2) is 94.7 Å². The summed E-state index contributed by atoms with van der Waals surface area (Å²) in [6.07, 6.45) is 10.2. The summed E-state index contributed by atoms with van der Waals surface area (Å²) in [6, 6.07) is 21.5. The Bertz CT molecular complexity index is 1270. The van der Waals surface area contributed by atoms with Crippen LogP contribution in [0.25, 0.3) is 5.32 Å². The fourth-order valence-electron chi connectivity index (χ4n) is 4.29. The zero-order chi connectivity index (χ0) is 28.0. The zero-order valence-electron chi connectivity index (χ0n) is 23.6. The van der Waals surface area contributed by atoms with E-state index in [0.29, 0.717) is 10.3 Å². The Hall–Kier alpha value is -2.28. The number of sulfonamides is 2. The maximum Gasteiger partial charge on any atom is 1.00 e. The van der Waals surface area contributed by atoms with Crippen molar-refractivity contribution in [2.75, 3.05) is 23.9 Å². The van der Waals surface area contributed by atoms with E-state index < -0.39 is 20.0 Å². The molecule has 0 unspecified atom stereocenters. The summed E-state index contributed by atoms with van der Waals surface area (Å²) < 4.78 is 61.5. The Morgan fingerprint density at radius 2 is 1.02 bits per heavy atom. The van der Waals surface area contributed by atoms with Crippen molar-refractivity contribution in [2.24, 2.45) is 0 Å². The van der Waals surface area contributed by atoms with Crippen LogP contribution in [-0.2, 0) is 20.0 Å². The molecule has 0 aliphatic rings. The smallest absolute Gasteiger partial charge is 0.665 e. The second-order valence-electron chi connectivity index (χ2n) is 9.37. The van der Waals surface area contributed by atoms with Gasteiger partial charge in [0.05, 0.1) is 16.4 Å². The van der Waals surface area contributed by atoms with Gasteiger partial charge in [0, 0.05) is 0 Å². The third-order valence-electron chi connectivity index (χ3n) is 6.36. The number of hydrogen-bond donors (Lipinski definition) is 0. The molecule has 0 fully saturated rings. The molecule has 212 valence electrons. The summed E-state index contributed by atoms with van der Waals surface area (Å²) in [5, 5.41) is 4.13. The molecular formula is C30H39LiN2O5S2. The van der Waals surface area contributed by atoms with Gasteiger partial charge in [0.15, 0.2) is 0 Å². The molecule has 40 heavy (non-hydrogen) atoms. The summed E-state index contributed by atoms with van der Waals surface area (Å²) in [5.74, 6) is 0.204. The minimum atomic E-state index is -4.48. The first-order chi connectivity index (χ1) is 18.9. The average Bonchev–Trinajstić information content (AvgIpc) is 2.95. The van der Waals surface area contributed by atoms with Crippen LogP contribution in [0.5, 0.6) is 5.75 Å². The van der Waals surface area contributed by atoms with E-state index in [2.05, 4.69) is 5.32 Å². The molecular weight excluding hydrogens is 539 g/mol. The van der Waals surface area contributed by atoms with Gasteiger partial charge in [0.2, 0.25) is 0 Å². The van der Waals surface area contributed by atoms with Crippen molar-refractivity contribution in [3.05, 3.63) is 90.2 Å². The summed E-state index contributed by atoms with van der Waals surface area (Å²) in [5.41, 5.74) is -0.0407. The van der Waals surface area contributed by atoms with Crippen LogP contribution in [0, 0.1) is 0 Å². The topological polar surface area (TPSA) is 94.8 Å². The standard InChI is InChI=1S/C30H39N2O5S2.Li/c1-31-25-17-7-5-3-2-4-6-8-18-26-37-30-24-16-15-23-29(30)32(38(33,34)27-19-11-9-12-20-27)39(35,36)28-21-13-10-14-22-28;/h9-16,19-24H,2-8,17-18,25-26H2,1H3;/q-1;+1. The molecule has 0 radical (unpaired) electrons. The number of benzene rings is 3. The van der Waals surface area contributed by atoms with E-state index in [1.807, 2.05) is 7.05 Å². The molecule has 0 atom stereocenters. The average molecular weight is 579 g/mol. The molecule has 0 heterocycles. The van der Waals surface area contributed by atoms with Crippen molar-refractivity contribution < 1.29 is 40.4 Å². The predicted octanol–water partition coefficient (Wildman–Crippen LogP) is 4.17. The van der Waals surface area contributed by atoms with Gasteiger partial charge in [-0.3, -0.25) is 0 Å². The van der Waals surface area contributed by atoms with Crippen molar-refractivity contribution in [3.63, 3.8) is 0 Å². The number of hydrogen-bond acceptors (Lipinski definition) is 5. The van der Waals surface area contributed by atoms with Gasteiger partial charge in [-0.1, -0.05) is 99.9 Å². The molecule has 0 bridgehead atoms. The fourth-order valence-corrected chi connectivity index (χ4v) is 8.04. The van der Waals surface area contributed by atoms with Gasteiger partial charge in [-0.05, 0) is 42.8 Å². The van der Waals surface area contributed by atoms with Crippen molar-refractivity contribution in [1.29, 1.82) is 0 Å². The molecule has 0 amide bonds. The van der Waals surface area contributed by atoms with Gasteiger partial charge in [0.1, 0.15) is 11.4 Å². The molecule has 0 aromatic heterocycles. The first-order valence-electron chi connectivity index (χ1n) is 13.6. The minimum Gasteiger partial charge on any atom is -0.665 e. The zero-order valence-corrected chi connectivity index (χ0v) is 25.2. The summed E-state index contributed by atoms with van der Waals surface area (Å²) in [6.45, 7) is 1.32. The van der Waals surface area contributed by atoms with Crippen molar-refractivity contribution in [3.8, 4) is 5.75 Å². The molecule has 3 aromatic rings. The SMILES string of the molecule is C[N-]CCCCCCCCCCCOc1ccccc1N(S(=O)(=O)c1ccccc1)S(=O)(=O)c1ccccc1.[Li+]. The second kappa shape index (κ2) is 17.5.